The molecule has 0 unspecified atom stereocenters. The number of carbonyl (C=O) groups is 3. The summed E-state index contributed by atoms with van der Waals surface area (Å²) in [6.07, 6.45) is 5.55. The van der Waals surface area contributed by atoms with Crippen molar-refractivity contribution in [3.05, 3.63) is 59.8 Å². The standard InChI is InChI=1S/C24H26N4O4/c25-21(30)19-7-4-9-26-22(19)32-18-13-24(14-18)11-17(12-24)28-20(29)15-27(23(28)31)10-8-16-5-2-1-3-6-16/h1-7,9,17-18H,8,10-15H2,(H2,25,30). The molecule has 32 heavy (non-hydrogen) atoms. The molecular weight excluding hydrogens is 408 g/mol. The molecule has 3 fully saturated rings. The Morgan fingerprint density at radius 2 is 1.84 bits per heavy atom. The number of benzene rings is 1. The van der Waals surface area contributed by atoms with Gasteiger partial charge in [-0.05, 0) is 55.2 Å². The number of carbonyl (C=O) groups excluding carboxylic acids is 3. The number of urea groups is 1. The highest BCUT2D eigenvalue weighted by atomic mass is 16.5. The molecule has 1 aliphatic heterocycles. The first-order valence-electron chi connectivity index (χ1n) is 11.0. The summed E-state index contributed by atoms with van der Waals surface area (Å²) < 4.78 is 5.90. The monoisotopic (exact) mass is 434 g/mol. The molecule has 3 aliphatic rings. The molecule has 8 heteroatoms. The molecule has 2 aliphatic carbocycles. The highest BCUT2D eigenvalue weighted by molar-refractivity contribution is 6.02. The van der Waals surface area contributed by atoms with Crippen molar-refractivity contribution in [2.75, 3.05) is 13.1 Å². The van der Waals surface area contributed by atoms with E-state index in [1.54, 1.807) is 23.2 Å². The highest BCUT2D eigenvalue weighted by Crippen LogP contribution is 2.58. The smallest absolute Gasteiger partial charge is 0.327 e. The van der Waals surface area contributed by atoms with Crippen molar-refractivity contribution in [2.24, 2.45) is 11.1 Å². The van der Waals surface area contributed by atoms with Gasteiger partial charge in [0.2, 0.25) is 5.88 Å². The van der Waals surface area contributed by atoms with Crippen molar-refractivity contribution in [1.82, 2.24) is 14.8 Å². The van der Waals surface area contributed by atoms with Gasteiger partial charge in [-0.3, -0.25) is 14.5 Å². The molecule has 0 atom stereocenters. The van der Waals surface area contributed by atoms with Crippen LogP contribution in [0.5, 0.6) is 5.88 Å². The van der Waals surface area contributed by atoms with Gasteiger partial charge in [0.05, 0.1) is 0 Å². The summed E-state index contributed by atoms with van der Waals surface area (Å²) in [7, 11) is 0. The normalized spacial score (nSPS) is 26.8. The van der Waals surface area contributed by atoms with Crippen LogP contribution < -0.4 is 10.5 Å². The van der Waals surface area contributed by atoms with Crippen molar-refractivity contribution >= 4 is 17.8 Å². The van der Waals surface area contributed by atoms with Gasteiger partial charge in [0, 0.05) is 18.8 Å². The molecule has 4 amide bonds. The fraction of sp³-hybridized carbons (Fsp3) is 0.417. The average Bonchev–Trinajstić information content (AvgIpc) is 3.01. The largest absolute Gasteiger partial charge is 0.474 e. The number of hydrogen-bond donors (Lipinski definition) is 1. The van der Waals surface area contributed by atoms with Gasteiger partial charge in [0.1, 0.15) is 18.2 Å². The predicted molar refractivity (Wildman–Crippen MR) is 116 cm³/mol. The molecule has 1 saturated heterocycles. The number of rotatable bonds is 7. The Bertz CT molecular complexity index is 1040. The number of nitrogens with zero attached hydrogens (tertiary/aromatic N) is 3. The van der Waals surface area contributed by atoms with Gasteiger partial charge in [-0.15, -0.1) is 0 Å². The van der Waals surface area contributed by atoms with Crippen molar-refractivity contribution in [3.8, 4) is 5.88 Å². The van der Waals surface area contributed by atoms with Crippen molar-refractivity contribution in [2.45, 2.75) is 44.2 Å². The van der Waals surface area contributed by atoms with Crippen LogP contribution in [0, 0.1) is 5.41 Å². The zero-order valence-electron chi connectivity index (χ0n) is 17.8. The third-order valence-electron chi connectivity index (χ3n) is 6.92. The van der Waals surface area contributed by atoms with Crippen molar-refractivity contribution in [1.29, 1.82) is 0 Å². The number of nitrogens with two attached hydrogens (primary N) is 1. The van der Waals surface area contributed by atoms with Crippen LogP contribution in [0.25, 0.3) is 0 Å². The van der Waals surface area contributed by atoms with Crippen LogP contribution in [0.2, 0.25) is 0 Å². The van der Waals surface area contributed by atoms with E-state index in [2.05, 4.69) is 4.98 Å². The van der Waals surface area contributed by atoms with E-state index in [4.69, 9.17) is 10.5 Å². The first kappa shape index (κ1) is 20.5. The molecule has 8 nitrogen and oxygen atoms in total. The van der Waals surface area contributed by atoms with E-state index in [0.29, 0.717) is 6.54 Å². The SMILES string of the molecule is NC(=O)c1cccnc1OC1CC2(C1)CC(N1C(=O)CN(CCc3ccccc3)C1=O)C2. The molecular formula is C24H26N4O4. The molecule has 1 spiro atoms. The van der Waals surface area contributed by atoms with Crippen LogP contribution in [0.3, 0.4) is 0 Å². The minimum atomic E-state index is -0.561. The van der Waals surface area contributed by atoms with E-state index in [9.17, 15) is 14.4 Å². The zero-order chi connectivity index (χ0) is 22.3. The fourth-order valence-corrected chi connectivity index (χ4v) is 5.28. The van der Waals surface area contributed by atoms with Gasteiger partial charge in [-0.25, -0.2) is 9.78 Å². The van der Waals surface area contributed by atoms with Crippen LogP contribution in [0.1, 0.15) is 41.6 Å². The molecule has 0 bridgehead atoms. The van der Waals surface area contributed by atoms with Crippen molar-refractivity contribution in [3.63, 3.8) is 0 Å². The molecule has 2 saturated carbocycles. The first-order valence-corrected chi connectivity index (χ1v) is 11.0. The lowest BCUT2D eigenvalue weighted by Crippen LogP contribution is -2.60. The lowest BCUT2D eigenvalue weighted by atomic mass is 9.52. The maximum absolute atomic E-state index is 12.8. The number of imide groups is 1. The predicted octanol–water partition coefficient (Wildman–Crippen LogP) is 2.38. The summed E-state index contributed by atoms with van der Waals surface area (Å²) in [5.74, 6) is -0.391. The average molecular weight is 434 g/mol. The summed E-state index contributed by atoms with van der Waals surface area (Å²) in [6.45, 7) is 0.710. The van der Waals surface area contributed by atoms with Gasteiger partial charge in [-0.1, -0.05) is 30.3 Å². The summed E-state index contributed by atoms with van der Waals surface area (Å²) in [5.41, 5.74) is 6.93. The van der Waals surface area contributed by atoms with Crippen LogP contribution in [0.4, 0.5) is 4.79 Å². The second kappa shape index (κ2) is 7.93. The molecule has 5 rings (SSSR count). The third kappa shape index (κ3) is 3.70. The maximum atomic E-state index is 12.8. The zero-order valence-corrected chi connectivity index (χ0v) is 17.8. The van der Waals surface area contributed by atoms with E-state index in [1.807, 2.05) is 30.3 Å². The van der Waals surface area contributed by atoms with E-state index >= 15 is 0 Å². The van der Waals surface area contributed by atoms with Gasteiger partial charge in [-0.2, -0.15) is 0 Å². The number of pyridine rings is 1. The topological polar surface area (TPSA) is 106 Å². The number of amides is 4. The van der Waals surface area contributed by atoms with Crippen molar-refractivity contribution < 1.29 is 19.1 Å². The Balaban J connectivity index is 1.12. The van der Waals surface area contributed by atoms with Crippen LogP contribution in [0.15, 0.2) is 48.7 Å². The Morgan fingerprint density at radius 1 is 1.09 bits per heavy atom. The first-order chi connectivity index (χ1) is 15.4. The van der Waals surface area contributed by atoms with Crippen LogP contribution >= 0.6 is 0 Å². The second-order valence-electron chi connectivity index (χ2n) is 9.13. The molecule has 1 aromatic carbocycles. The minimum Gasteiger partial charge on any atom is -0.474 e. The third-order valence-corrected chi connectivity index (χ3v) is 6.92. The van der Waals surface area contributed by atoms with Gasteiger partial charge >= 0.3 is 6.03 Å². The fourth-order valence-electron chi connectivity index (χ4n) is 5.28. The number of ether oxygens (including phenoxy) is 1. The van der Waals surface area contributed by atoms with Gasteiger partial charge < -0.3 is 15.4 Å². The summed E-state index contributed by atoms with van der Waals surface area (Å²) in [4.78, 5) is 44.2. The van der Waals surface area contributed by atoms with Crippen LogP contribution in [-0.2, 0) is 11.2 Å². The lowest BCUT2D eigenvalue weighted by Gasteiger charge is -2.58. The van der Waals surface area contributed by atoms with E-state index in [-0.39, 0.29) is 47.5 Å². The highest BCUT2D eigenvalue weighted by Gasteiger charge is 2.58. The van der Waals surface area contributed by atoms with Crippen LogP contribution in [-0.4, -0.2) is 57.9 Å². The Morgan fingerprint density at radius 3 is 2.56 bits per heavy atom. The molecule has 2 heterocycles. The Kier molecular flexibility index (Phi) is 5.07. The number of primary amides is 1. The summed E-state index contributed by atoms with van der Waals surface area (Å²) in [6, 6.07) is 13.0. The minimum absolute atomic E-state index is 0.0312. The lowest BCUT2D eigenvalue weighted by molar-refractivity contribution is -0.138. The van der Waals surface area contributed by atoms with Gasteiger partial charge in [0.25, 0.3) is 11.8 Å². The van der Waals surface area contributed by atoms with E-state index in [0.717, 1.165) is 37.7 Å². The summed E-state index contributed by atoms with van der Waals surface area (Å²) >= 11 is 0. The molecule has 0 radical (unpaired) electrons. The number of aromatic nitrogens is 1. The molecule has 2 N–H and O–H groups in total. The van der Waals surface area contributed by atoms with E-state index in [1.165, 1.54) is 4.90 Å². The molecule has 1 aromatic heterocycles. The quantitative estimate of drug-likeness (QED) is 0.674. The summed E-state index contributed by atoms with van der Waals surface area (Å²) in [5, 5.41) is 0. The van der Waals surface area contributed by atoms with Gasteiger partial charge in [0.15, 0.2) is 0 Å². The number of hydrogen-bond acceptors (Lipinski definition) is 5. The Hall–Kier alpha value is -3.42. The second-order valence-corrected chi connectivity index (χ2v) is 9.13. The maximum Gasteiger partial charge on any atom is 0.327 e. The molecule has 2 aromatic rings. The van der Waals surface area contributed by atoms with E-state index < -0.39 is 5.91 Å². The molecule has 166 valence electrons. The Labute approximate surface area is 186 Å².